The van der Waals surface area contributed by atoms with Gasteiger partial charge in [-0.2, -0.15) is 0 Å². The molecule has 1 saturated carbocycles. The summed E-state index contributed by atoms with van der Waals surface area (Å²) in [5, 5.41) is 0. The Hall–Kier alpha value is -2.32. The minimum Gasteiger partial charge on any atom is -0.483 e. The number of benzene rings is 1. The lowest BCUT2D eigenvalue weighted by Crippen LogP contribution is -2.43. The zero-order valence-corrected chi connectivity index (χ0v) is 17.3. The number of fused-ring (bicyclic) bond motifs is 1. The Labute approximate surface area is 179 Å². The van der Waals surface area contributed by atoms with E-state index in [0.717, 1.165) is 13.1 Å². The number of carbonyl (C=O) groups excluding carboxylic acids is 2. The largest absolute Gasteiger partial charge is 0.483 e. The number of nitrogens with zero attached hydrogens (tertiary/aromatic N) is 2. The van der Waals surface area contributed by atoms with Gasteiger partial charge in [0.1, 0.15) is 18.1 Å². The highest BCUT2D eigenvalue weighted by Gasteiger charge is 2.52. The number of halogens is 2. The van der Waals surface area contributed by atoms with Crippen molar-refractivity contribution in [3.05, 3.63) is 47.0 Å². The molecule has 4 unspecified atom stereocenters. The summed E-state index contributed by atoms with van der Waals surface area (Å²) in [4.78, 5) is 30.6. The summed E-state index contributed by atoms with van der Waals surface area (Å²) in [5.41, 5.74) is 0.788. The number of ether oxygens (including phenoxy) is 2. The molecule has 3 aliphatic heterocycles. The third-order valence-corrected chi connectivity index (χ3v) is 6.80. The van der Waals surface area contributed by atoms with Crippen molar-refractivity contribution in [3.8, 4) is 0 Å². The molecule has 166 valence electrons. The van der Waals surface area contributed by atoms with Crippen molar-refractivity contribution in [2.24, 2.45) is 5.92 Å². The van der Waals surface area contributed by atoms with Gasteiger partial charge in [0.25, 0.3) is 5.91 Å². The van der Waals surface area contributed by atoms with E-state index in [-0.39, 0.29) is 29.4 Å². The van der Waals surface area contributed by atoms with Gasteiger partial charge in [0.2, 0.25) is 0 Å². The lowest BCUT2D eigenvalue weighted by molar-refractivity contribution is -0.136. The summed E-state index contributed by atoms with van der Waals surface area (Å²) in [6, 6.07) is 5.26. The van der Waals surface area contributed by atoms with Crippen molar-refractivity contribution < 1.29 is 27.8 Å². The van der Waals surface area contributed by atoms with Gasteiger partial charge in [-0.05, 0) is 37.0 Å². The minimum absolute atomic E-state index is 0.0693. The van der Waals surface area contributed by atoms with Gasteiger partial charge >= 0.3 is 0 Å². The number of hydrogen-bond acceptors (Lipinski definition) is 5. The quantitative estimate of drug-likeness (QED) is 0.732. The molecule has 1 aliphatic carbocycles. The molecule has 1 aromatic rings. The zero-order valence-electron chi connectivity index (χ0n) is 17.3. The normalized spacial score (nSPS) is 31.5. The minimum atomic E-state index is -1.04. The second-order valence-electron chi connectivity index (χ2n) is 8.69. The van der Waals surface area contributed by atoms with E-state index in [1.165, 1.54) is 12.1 Å². The first kappa shape index (κ1) is 20.6. The molecule has 4 atom stereocenters. The molecule has 0 spiro atoms. The predicted octanol–water partition coefficient (Wildman–Crippen LogP) is 2.40. The molecule has 0 radical (unpaired) electrons. The summed E-state index contributed by atoms with van der Waals surface area (Å²) >= 11 is 0. The lowest BCUT2D eigenvalue weighted by Gasteiger charge is -2.36. The Bertz CT molecular complexity index is 915. The molecule has 5 rings (SSSR count). The van der Waals surface area contributed by atoms with E-state index in [1.54, 1.807) is 17.0 Å². The first-order valence-corrected chi connectivity index (χ1v) is 11.0. The van der Waals surface area contributed by atoms with Crippen molar-refractivity contribution >= 4 is 11.7 Å². The van der Waals surface area contributed by atoms with Gasteiger partial charge in [-0.3, -0.25) is 14.5 Å². The van der Waals surface area contributed by atoms with Gasteiger partial charge in [0.15, 0.2) is 11.5 Å². The number of carbonyl (C=O) groups is 2. The van der Waals surface area contributed by atoms with Gasteiger partial charge in [-0.15, -0.1) is 0 Å². The van der Waals surface area contributed by atoms with E-state index in [9.17, 15) is 18.4 Å². The zero-order chi connectivity index (χ0) is 21.5. The van der Waals surface area contributed by atoms with E-state index in [1.807, 2.05) is 0 Å². The van der Waals surface area contributed by atoms with Crippen LogP contribution >= 0.6 is 0 Å². The Balaban J connectivity index is 1.48. The third kappa shape index (κ3) is 3.76. The SMILES string of the molecule is O=C1C2=C(OC3CCC(F)CC13)C(=O)N(CCN1CCOCC1)C2c1cccc(F)c1. The number of rotatable bonds is 4. The third-order valence-electron chi connectivity index (χ3n) is 6.80. The number of hydrogen-bond donors (Lipinski definition) is 0. The van der Waals surface area contributed by atoms with Crippen LogP contribution in [0.25, 0.3) is 0 Å². The maximum atomic E-state index is 14.1. The fraction of sp³-hybridized carbons (Fsp3) is 0.565. The average Bonchev–Trinajstić information content (AvgIpc) is 3.05. The molecule has 0 N–H and O–H groups in total. The van der Waals surface area contributed by atoms with E-state index < -0.39 is 30.1 Å². The maximum absolute atomic E-state index is 14.1. The van der Waals surface area contributed by atoms with E-state index in [2.05, 4.69) is 4.90 Å². The Morgan fingerprint density at radius 1 is 1.10 bits per heavy atom. The lowest BCUT2D eigenvalue weighted by atomic mass is 9.77. The molecule has 0 bridgehead atoms. The fourth-order valence-electron chi connectivity index (χ4n) is 5.19. The molecule has 1 aromatic carbocycles. The van der Waals surface area contributed by atoms with Gasteiger partial charge in [0, 0.05) is 26.2 Å². The number of alkyl halides is 1. The van der Waals surface area contributed by atoms with Crippen LogP contribution in [-0.2, 0) is 19.1 Å². The number of ketones is 1. The van der Waals surface area contributed by atoms with Crippen LogP contribution in [0.2, 0.25) is 0 Å². The standard InChI is InChI=1S/C23H26F2N2O4/c24-15-3-1-2-14(12-15)20-19-21(28)17-13-16(25)4-5-18(17)31-22(19)23(29)27(20)7-6-26-8-10-30-11-9-26/h1-3,12,16-18,20H,4-11,13H2. The second-order valence-corrected chi connectivity index (χ2v) is 8.69. The maximum Gasteiger partial charge on any atom is 0.290 e. The number of amides is 1. The molecule has 31 heavy (non-hydrogen) atoms. The summed E-state index contributed by atoms with van der Waals surface area (Å²) in [5.74, 6) is -1.53. The molecule has 8 heteroatoms. The van der Waals surface area contributed by atoms with Crippen molar-refractivity contribution in [2.45, 2.75) is 37.6 Å². The molecule has 1 saturated heterocycles. The van der Waals surface area contributed by atoms with Crippen LogP contribution < -0.4 is 0 Å². The van der Waals surface area contributed by atoms with Crippen molar-refractivity contribution in [1.82, 2.24) is 9.80 Å². The van der Waals surface area contributed by atoms with E-state index in [0.29, 0.717) is 44.7 Å². The molecule has 1 amide bonds. The van der Waals surface area contributed by atoms with Gasteiger partial charge in [0.05, 0.1) is 30.7 Å². The molecular formula is C23H26F2N2O4. The van der Waals surface area contributed by atoms with Crippen molar-refractivity contribution in [1.29, 1.82) is 0 Å². The van der Waals surface area contributed by atoms with Crippen LogP contribution in [-0.4, -0.2) is 73.2 Å². The van der Waals surface area contributed by atoms with Crippen LogP contribution in [0.1, 0.15) is 30.9 Å². The topological polar surface area (TPSA) is 59.1 Å². The number of Topliss-reactive ketones (excluding diaryl/α,β-unsaturated/α-hetero) is 1. The van der Waals surface area contributed by atoms with Gasteiger partial charge < -0.3 is 14.4 Å². The number of morpholine rings is 1. The Morgan fingerprint density at radius 3 is 2.68 bits per heavy atom. The molecule has 6 nitrogen and oxygen atoms in total. The van der Waals surface area contributed by atoms with Gasteiger partial charge in [-0.25, -0.2) is 8.78 Å². The highest BCUT2D eigenvalue weighted by molar-refractivity contribution is 6.11. The second kappa shape index (κ2) is 8.31. The summed E-state index contributed by atoms with van der Waals surface area (Å²) in [6.45, 7) is 3.84. The summed E-state index contributed by atoms with van der Waals surface area (Å²) < 4.78 is 39.5. The first-order valence-electron chi connectivity index (χ1n) is 11.0. The van der Waals surface area contributed by atoms with Crippen molar-refractivity contribution in [3.63, 3.8) is 0 Å². The van der Waals surface area contributed by atoms with Crippen LogP contribution in [0.15, 0.2) is 35.6 Å². The summed E-state index contributed by atoms with van der Waals surface area (Å²) in [6.07, 6.45) is -0.648. The monoisotopic (exact) mass is 432 g/mol. The van der Waals surface area contributed by atoms with Crippen LogP contribution in [0.4, 0.5) is 8.78 Å². The fourth-order valence-corrected chi connectivity index (χ4v) is 5.19. The highest BCUT2D eigenvalue weighted by atomic mass is 19.1. The molecule has 4 aliphatic rings. The van der Waals surface area contributed by atoms with E-state index in [4.69, 9.17) is 9.47 Å². The van der Waals surface area contributed by atoms with Crippen LogP contribution in [0.5, 0.6) is 0 Å². The Kier molecular flexibility index (Phi) is 5.52. The molecule has 0 aromatic heterocycles. The Morgan fingerprint density at radius 2 is 1.90 bits per heavy atom. The van der Waals surface area contributed by atoms with Crippen LogP contribution in [0.3, 0.4) is 0 Å². The van der Waals surface area contributed by atoms with Gasteiger partial charge in [-0.1, -0.05) is 12.1 Å². The highest BCUT2D eigenvalue weighted by Crippen LogP contribution is 2.47. The molecular weight excluding hydrogens is 406 g/mol. The first-order chi connectivity index (χ1) is 15.0. The van der Waals surface area contributed by atoms with Crippen LogP contribution in [0, 0.1) is 11.7 Å². The molecule has 2 fully saturated rings. The van der Waals surface area contributed by atoms with Crippen molar-refractivity contribution in [2.75, 3.05) is 39.4 Å². The predicted molar refractivity (Wildman–Crippen MR) is 107 cm³/mol. The molecule has 3 heterocycles. The van der Waals surface area contributed by atoms with E-state index >= 15 is 0 Å². The smallest absolute Gasteiger partial charge is 0.290 e. The summed E-state index contributed by atoms with van der Waals surface area (Å²) in [7, 11) is 0. The average molecular weight is 432 g/mol.